The molecule has 0 fully saturated rings. The van der Waals surface area contributed by atoms with E-state index in [1.54, 1.807) is 36.1 Å². The molecule has 0 aliphatic heterocycles. The van der Waals surface area contributed by atoms with E-state index in [2.05, 4.69) is 14.8 Å². The molecule has 0 N–H and O–H groups in total. The summed E-state index contributed by atoms with van der Waals surface area (Å²) in [6, 6.07) is 10.7. The van der Waals surface area contributed by atoms with Crippen molar-refractivity contribution in [2.75, 3.05) is 6.26 Å². The van der Waals surface area contributed by atoms with Crippen molar-refractivity contribution in [2.45, 2.75) is 11.0 Å². The van der Waals surface area contributed by atoms with Gasteiger partial charge in [-0.15, -0.1) is 11.3 Å². The summed E-state index contributed by atoms with van der Waals surface area (Å²) in [5.74, 6) is -0.0449. The molecule has 0 amide bonds. The van der Waals surface area contributed by atoms with Gasteiger partial charge < -0.3 is 4.74 Å². The number of hydrogen-bond acceptors (Lipinski definition) is 7. The highest BCUT2D eigenvalue weighted by Crippen LogP contribution is 2.27. The van der Waals surface area contributed by atoms with E-state index in [1.807, 2.05) is 6.26 Å². The molecule has 0 radical (unpaired) electrons. The number of fused-ring (bicyclic) bond motifs is 2. The maximum atomic E-state index is 13.6. The zero-order chi connectivity index (χ0) is 23.3. The minimum atomic E-state index is -2.96. The fourth-order valence-corrected chi connectivity index (χ4v) is 5.04. The molecule has 5 aromatic rings. The van der Waals surface area contributed by atoms with Gasteiger partial charge in [0.25, 0.3) is 5.56 Å². The predicted molar refractivity (Wildman–Crippen MR) is 123 cm³/mol. The molecule has 2 aromatic carbocycles. The first kappa shape index (κ1) is 21.3. The van der Waals surface area contributed by atoms with Crippen LogP contribution in [0.3, 0.4) is 0 Å². The van der Waals surface area contributed by atoms with E-state index in [1.165, 1.54) is 51.9 Å². The molecule has 8 nitrogen and oxygen atoms in total. The van der Waals surface area contributed by atoms with Crippen LogP contribution in [0.4, 0.5) is 8.78 Å². The van der Waals surface area contributed by atoms with Crippen molar-refractivity contribution in [3.63, 3.8) is 0 Å². The average Bonchev–Trinajstić information content (AvgIpc) is 3.37. The topological polar surface area (TPSA) is 83.9 Å². The molecule has 0 saturated carbocycles. The number of aryl methyl sites for hydroxylation is 1. The van der Waals surface area contributed by atoms with E-state index < -0.39 is 17.9 Å². The number of rotatable bonds is 5. The van der Waals surface area contributed by atoms with Gasteiger partial charge in [-0.05, 0) is 48.7 Å². The third-order valence-corrected chi connectivity index (χ3v) is 6.95. The summed E-state index contributed by atoms with van der Waals surface area (Å²) >= 11 is 2.55. The molecule has 12 heteroatoms. The van der Waals surface area contributed by atoms with Crippen LogP contribution in [-0.4, -0.2) is 36.8 Å². The minimum Gasteiger partial charge on any atom is -0.435 e. The second kappa shape index (κ2) is 8.12. The zero-order valence-electron chi connectivity index (χ0n) is 17.2. The number of thiazole rings is 1. The van der Waals surface area contributed by atoms with Gasteiger partial charge in [0, 0.05) is 18.6 Å². The Balaban J connectivity index is 1.78. The molecule has 33 heavy (non-hydrogen) atoms. The van der Waals surface area contributed by atoms with Gasteiger partial charge in [-0.3, -0.25) is 9.48 Å². The first-order valence-corrected chi connectivity index (χ1v) is 11.6. The normalized spacial score (nSPS) is 11.7. The zero-order valence-corrected chi connectivity index (χ0v) is 18.9. The lowest BCUT2D eigenvalue weighted by molar-refractivity contribution is -0.0498. The molecule has 0 atom stereocenters. The lowest BCUT2D eigenvalue weighted by Crippen LogP contribution is -2.38. The van der Waals surface area contributed by atoms with E-state index in [0.29, 0.717) is 20.4 Å². The average molecular weight is 488 g/mol. The highest BCUT2D eigenvalue weighted by molar-refractivity contribution is 8.00. The molecule has 168 valence electrons. The Bertz CT molecular complexity index is 1620. The van der Waals surface area contributed by atoms with Gasteiger partial charge in [-0.1, -0.05) is 11.8 Å². The van der Waals surface area contributed by atoms with E-state index in [9.17, 15) is 18.4 Å². The van der Waals surface area contributed by atoms with Crippen LogP contribution >= 0.6 is 23.1 Å². The first-order chi connectivity index (χ1) is 15.9. The van der Waals surface area contributed by atoms with Crippen LogP contribution in [0, 0.1) is 0 Å². The molecule has 0 spiro atoms. The van der Waals surface area contributed by atoms with Crippen molar-refractivity contribution in [3.8, 4) is 17.1 Å². The number of ether oxygens (including phenoxy) is 1. The minimum absolute atomic E-state index is 0.0449. The van der Waals surface area contributed by atoms with Crippen LogP contribution in [-0.2, 0) is 7.05 Å². The van der Waals surface area contributed by atoms with Crippen LogP contribution in [0.1, 0.15) is 0 Å². The predicted octanol–water partition coefficient (Wildman–Crippen LogP) is 3.81. The Morgan fingerprint density at radius 2 is 1.79 bits per heavy atom. The first-order valence-electron chi connectivity index (χ1n) is 9.57. The fraction of sp³-hybridized carbons (Fsp3) is 0.143. The monoisotopic (exact) mass is 487 g/mol. The number of halogens is 2. The second-order valence-electron chi connectivity index (χ2n) is 7.01. The third kappa shape index (κ3) is 3.70. The maximum absolute atomic E-state index is 13.6. The van der Waals surface area contributed by atoms with Crippen molar-refractivity contribution in [3.05, 3.63) is 69.5 Å². The molecule has 0 aliphatic rings. The third-order valence-electron chi connectivity index (χ3n) is 4.94. The molecule has 3 heterocycles. The summed E-state index contributed by atoms with van der Waals surface area (Å²) < 4.78 is 34.4. The smallest absolute Gasteiger partial charge is 0.387 e. The SMILES string of the molecule is CSc1nc2c(s1)c(=O)n(-c1ccc3nn(C)cc3c1)c(=O)n2-c1ccc(OC(F)F)cc1. The molecule has 3 aromatic heterocycles. The largest absolute Gasteiger partial charge is 0.435 e. The van der Waals surface area contributed by atoms with Crippen molar-refractivity contribution in [1.29, 1.82) is 0 Å². The Labute approximate surface area is 192 Å². The Morgan fingerprint density at radius 3 is 2.48 bits per heavy atom. The summed E-state index contributed by atoms with van der Waals surface area (Å²) in [6.07, 6.45) is 3.62. The number of benzene rings is 2. The summed E-state index contributed by atoms with van der Waals surface area (Å²) in [5, 5.41) is 5.09. The van der Waals surface area contributed by atoms with Gasteiger partial charge in [-0.2, -0.15) is 13.9 Å². The molecule has 5 rings (SSSR count). The van der Waals surface area contributed by atoms with Crippen molar-refractivity contribution >= 4 is 44.3 Å². The van der Waals surface area contributed by atoms with Gasteiger partial charge >= 0.3 is 12.3 Å². The van der Waals surface area contributed by atoms with Gasteiger partial charge in [0.1, 0.15) is 10.4 Å². The van der Waals surface area contributed by atoms with Gasteiger partial charge in [-0.25, -0.2) is 18.9 Å². The Morgan fingerprint density at radius 1 is 1.06 bits per heavy atom. The van der Waals surface area contributed by atoms with Crippen LogP contribution in [0.25, 0.3) is 32.6 Å². The number of alkyl halides is 2. The molecular weight excluding hydrogens is 472 g/mol. The molecule has 0 saturated heterocycles. The van der Waals surface area contributed by atoms with Gasteiger partial charge in [0.15, 0.2) is 9.99 Å². The van der Waals surface area contributed by atoms with E-state index in [4.69, 9.17) is 0 Å². The number of thioether (sulfide) groups is 1. The van der Waals surface area contributed by atoms with Crippen molar-refractivity contribution < 1.29 is 13.5 Å². The van der Waals surface area contributed by atoms with E-state index in [0.717, 1.165) is 15.5 Å². The summed E-state index contributed by atoms with van der Waals surface area (Å²) in [4.78, 5) is 31.4. The van der Waals surface area contributed by atoms with E-state index >= 15 is 0 Å². The number of hydrogen-bond donors (Lipinski definition) is 0. The highest BCUT2D eigenvalue weighted by Gasteiger charge is 2.20. The summed E-state index contributed by atoms with van der Waals surface area (Å²) in [5.41, 5.74) is 0.577. The fourth-order valence-electron chi connectivity index (χ4n) is 3.56. The summed E-state index contributed by atoms with van der Waals surface area (Å²) in [7, 11) is 1.79. The lowest BCUT2D eigenvalue weighted by atomic mass is 10.2. The quantitative estimate of drug-likeness (QED) is 0.351. The van der Waals surface area contributed by atoms with Gasteiger partial charge in [0.05, 0.1) is 16.9 Å². The second-order valence-corrected chi connectivity index (χ2v) is 9.07. The van der Waals surface area contributed by atoms with Crippen molar-refractivity contribution in [2.24, 2.45) is 7.05 Å². The molecule has 0 bridgehead atoms. The Kier molecular flexibility index (Phi) is 5.25. The van der Waals surface area contributed by atoms with Crippen LogP contribution < -0.4 is 16.0 Å². The molecule has 0 unspecified atom stereocenters. The number of aromatic nitrogens is 5. The highest BCUT2D eigenvalue weighted by atomic mass is 32.2. The molecular formula is C21H15F2N5O3S2. The molecule has 0 aliphatic carbocycles. The standard InChI is InChI=1S/C21H15F2N5O3S2/c1-26-10-11-9-13(5-8-15(11)25-26)28-18(29)16-17(24-20(32-2)33-16)27(21(28)30)12-3-6-14(7-4-12)31-19(22)23/h3-10,19H,1-2H3. The van der Waals surface area contributed by atoms with Crippen LogP contribution in [0.2, 0.25) is 0 Å². The van der Waals surface area contributed by atoms with Gasteiger partial charge in [0.2, 0.25) is 0 Å². The maximum Gasteiger partial charge on any atom is 0.387 e. The summed E-state index contributed by atoms with van der Waals surface area (Å²) in [6.45, 7) is -2.96. The lowest BCUT2D eigenvalue weighted by Gasteiger charge is -2.12. The number of nitrogens with zero attached hydrogens (tertiary/aromatic N) is 5. The van der Waals surface area contributed by atoms with Crippen LogP contribution in [0.5, 0.6) is 5.75 Å². The Hall–Kier alpha value is -3.51. The van der Waals surface area contributed by atoms with E-state index in [-0.39, 0.29) is 11.4 Å². The van der Waals surface area contributed by atoms with Crippen molar-refractivity contribution in [1.82, 2.24) is 23.9 Å². The van der Waals surface area contributed by atoms with Crippen LogP contribution in [0.15, 0.2) is 62.6 Å².